The molecule has 1 aliphatic heterocycles. The molecule has 1 fully saturated rings. The monoisotopic (exact) mass is 381 g/mol. The van der Waals surface area contributed by atoms with Gasteiger partial charge >= 0.3 is 6.61 Å². The van der Waals surface area contributed by atoms with E-state index in [0.717, 1.165) is 25.7 Å². The number of aromatic amines is 1. The summed E-state index contributed by atoms with van der Waals surface area (Å²) in [6.07, 6.45) is 4.63. The van der Waals surface area contributed by atoms with Gasteiger partial charge in [-0.25, -0.2) is 9.97 Å². The van der Waals surface area contributed by atoms with Crippen molar-refractivity contribution in [3.05, 3.63) is 18.0 Å². The van der Waals surface area contributed by atoms with E-state index in [1.54, 1.807) is 0 Å². The summed E-state index contributed by atoms with van der Waals surface area (Å²) in [7, 11) is 0. The van der Waals surface area contributed by atoms with Crippen LogP contribution >= 0.6 is 0 Å². The molecule has 1 aliphatic rings. The largest absolute Gasteiger partial charge is 0.415 e. The third-order valence-electron chi connectivity index (χ3n) is 4.23. The fraction of sp³-hybridized carbons (Fsp3) is 0.500. The van der Waals surface area contributed by atoms with Crippen molar-refractivity contribution in [3.63, 3.8) is 0 Å². The Labute approximate surface area is 154 Å². The molecule has 0 unspecified atom stereocenters. The highest BCUT2D eigenvalue weighted by molar-refractivity contribution is 5.82. The van der Waals surface area contributed by atoms with Gasteiger partial charge in [0.1, 0.15) is 11.5 Å². The van der Waals surface area contributed by atoms with Crippen LogP contribution in [0.25, 0.3) is 0 Å². The van der Waals surface area contributed by atoms with Crippen LogP contribution in [0.1, 0.15) is 25.5 Å². The van der Waals surface area contributed by atoms with E-state index in [2.05, 4.69) is 35.5 Å². The Balaban J connectivity index is 1.70. The van der Waals surface area contributed by atoms with Crippen LogP contribution in [0.3, 0.4) is 0 Å². The summed E-state index contributed by atoms with van der Waals surface area (Å²) in [5.74, 6) is 1.25. The zero-order valence-electron chi connectivity index (χ0n) is 14.7. The first-order valence-electron chi connectivity index (χ1n) is 8.54. The number of hydrogen-bond acceptors (Lipinski definition) is 8. The van der Waals surface area contributed by atoms with Crippen molar-refractivity contribution in [2.45, 2.75) is 32.4 Å². The van der Waals surface area contributed by atoms with Crippen LogP contribution in [0, 0.1) is 11.3 Å². The van der Waals surface area contributed by atoms with Gasteiger partial charge in [-0.3, -0.25) is 5.10 Å². The molecule has 2 aromatic rings. The van der Waals surface area contributed by atoms with E-state index in [4.69, 9.17) is 10.1 Å². The van der Waals surface area contributed by atoms with Crippen molar-refractivity contribution >= 4 is 23.7 Å². The first-order valence-corrected chi connectivity index (χ1v) is 8.54. The fourth-order valence-electron chi connectivity index (χ4n) is 2.82. The third kappa shape index (κ3) is 5.09. The maximum Gasteiger partial charge on any atom is 0.388 e. The van der Waals surface area contributed by atoms with E-state index in [0.29, 0.717) is 35.7 Å². The molecule has 146 valence electrons. The number of aromatic nitrogens is 4. The highest BCUT2D eigenvalue weighted by Gasteiger charge is 2.22. The molecule has 2 aromatic heterocycles. The SMILES string of the molecule is C[C@H](Nc1nc(Nc2cc(OC(F)F)n[nH]2)cnc1C=N)[C@@H]1CCCOC1. The van der Waals surface area contributed by atoms with E-state index >= 15 is 0 Å². The number of nitrogens with one attached hydrogen (secondary N) is 4. The predicted molar refractivity (Wildman–Crippen MR) is 95.0 cm³/mol. The second-order valence-electron chi connectivity index (χ2n) is 6.17. The van der Waals surface area contributed by atoms with E-state index < -0.39 is 6.61 Å². The summed E-state index contributed by atoms with van der Waals surface area (Å²) in [5, 5.41) is 19.8. The van der Waals surface area contributed by atoms with Gasteiger partial charge in [0.15, 0.2) is 11.6 Å². The quantitative estimate of drug-likeness (QED) is 0.519. The molecule has 0 bridgehead atoms. The molecular formula is C16H21F2N7O2. The average molecular weight is 381 g/mol. The highest BCUT2D eigenvalue weighted by Crippen LogP contribution is 2.23. The number of halogens is 2. The normalized spacial score (nSPS) is 18.1. The van der Waals surface area contributed by atoms with Crippen molar-refractivity contribution < 1.29 is 18.3 Å². The number of rotatable bonds is 8. The average Bonchev–Trinajstić information content (AvgIpc) is 3.08. The molecule has 0 saturated carbocycles. The van der Waals surface area contributed by atoms with Crippen LogP contribution in [0.5, 0.6) is 5.88 Å². The van der Waals surface area contributed by atoms with Gasteiger partial charge in [-0.2, -0.15) is 8.78 Å². The second-order valence-corrected chi connectivity index (χ2v) is 6.17. The Hall–Kier alpha value is -2.82. The summed E-state index contributed by atoms with van der Waals surface area (Å²) < 4.78 is 34.1. The van der Waals surface area contributed by atoms with E-state index in [1.807, 2.05) is 6.92 Å². The van der Waals surface area contributed by atoms with Crippen molar-refractivity contribution in [2.24, 2.45) is 5.92 Å². The lowest BCUT2D eigenvalue weighted by atomic mass is 9.95. The lowest BCUT2D eigenvalue weighted by Gasteiger charge is -2.29. The van der Waals surface area contributed by atoms with Crippen LogP contribution in [0.4, 0.5) is 26.2 Å². The molecule has 0 aliphatic carbocycles. The zero-order valence-corrected chi connectivity index (χ0v) is 14.7. The lowest BCUT2D eigenvalue weighted by Crippen LogP contribution is -2.33. The lowest BCUT2D eigenvalue weighted by molar-refractivity contribution is -0.0528. The fourth-order valence-corrected chi connectivity index (χ4v) is 2.82. The number of H-pyrrole nitrogens is 1. The molecule has 2 atom stereocenters. The number of ether oxygens (including phenoxy) is 2. The molecule has 1 saturated heterocycles. The van der Waals surface area contributed by atoms with Crippen LogP contribution in [0.2, 0.25) is 0 Å². The van der Waals surface area contributed by atoms with E-state index in [-0.39, 0.29) is 11.9 Å². The molecular weight excluding hydrogens is 360 g/mol. The predicted octanol–water partition coefficient (Wildman–Crippen LogP) is 2.77. The summed E-state index contributed by atoms with van der Waals surface area (Å²) in [5.41, 5.74) is 0.399. The van der Waals surface area contributed by atoms with Gasteiger partial charge in [-0.15, -0.1) is 5.10 Å². The molecule has 9 nitrogen and oxygen atoms in total. The van der Waals surface area contributed by atoms with E-state index in [1.165, 1.54) is 12.3 Å². The molecule has 4 N–H and O–H groups in total. The minimum Gasteiger partial charge on any atom is -0.415 e. The summed E-state index contributed by atoms with van der Waals surface area (Å²) >= 11 is 0. The summed E-state index contributed by atoms with van der Waals surface area (Å²) in [6.45, 7) is 0.558. The first kappa shape index (κ1) is 19.0. The number of hydrogen-bond donors (Lipinski definition) is 4. The first-order chi connectivity index (χ1) is 13.0. The molecule has 11 heteroatoms. The second kappa shape index (κ2) is 8.71. The van der Waals surface area contributed by atoms with Gasteiger partial charge in [0.25, 0.3) is 0 Å². The van der Waals surface area contributed by atoms with Gasteiger partial charge in [0.05, 0.1) is 12.8 Å². The maximum absolute atomic E-state index is 12.2. The van der Waals surface area contributed by atoms with Crippen LogP contribution in [0.15, 0.2) is 12.3 Å². The minimum absolute atomic E-state index is 0.0896. The third-order valence-corrected chi connectivity index (χ3v) is 4.23. The Morgan fingerprint density at radius 2 is 2.33 bits per heavy atom. The topological polar surface area (TPSA) is 121 Å². The van der Waals surface area contributed by atoms with Crippen LogP contribution in [-0.4, -0.2) is 52.2 Å². The number of anilines is 3. The highest BCUT2D eigenvalue weighted by atomic mass is 19.3. The molecule has 0 radical (unpaired) electrons. The molecule has 0 aromatic carbocycles. The minimum atomic E-state index is -2.95. The summed E-state index contributed by atoms with van der Waals surface area (Å²) in [4.78, 5) is 8.63. The number of alkyl halides is 2. The Bertz CT molecular complexity index is 765. The van der Waals surface area contributed by atoms with Gasteiger partial charge < -0.3 is 25.5 Å². The van der Waals surface area contributed by atoms with Gasteiger partial charge in [-0.05, 0) is 19.8 Å². The zero-order chi connectivity index (χ0) is 19.2. The Morgan fingerprint density at radius 3 is 3.04 bits per heavy atom. The standard InChI is InChI=1S/C16H21F2N7O2/c1-9(10-3-2-4-26-8-10)21-15-11(6-19)20-7-13(23-15)22-12-5-14(25-24-12)27-16(17)18/h5-7,9-10,16,19H,2-4,8H2,1H3,(H3,21,22,23,24,25)/t9-,10+/m0/s1. The van der Waals surface area contributed by atoms with Crippen LogP contribution in [-0.2, 0) is 4.74 Å². The van der Waals surface area contributed by atoms with Gasteiger partial charge in [0, 0.05) is 30.8 Å². The molecule has 0 spiro atoms. The Morgan fingerprint density at radius 1 is 1.48 bits per heavy atom. The smallest absolute Gasteiger partial charge is 0.388 e. The molecule has 0 amide bonds. The van der Waals surface area contributed by atoms with Gasteiger partial charge in [0.2, 0.25) is 5.88 Å². The number of nitrogens with zero attached hydrogens (tertiary/aromatic N) is 3. The van der Waals surface area contributed by atoms with Crippen molar-refractivity contribution in [3.8, 4) is 5.88 Å². The van der Waals surface area contributed by atoms with Crippen molar-refractivity contribution in [1.29, 1.82) is 5.41 Å². The summed E-state index contributed by atoms with van der Waals surface area (Å²) in [6, 6.07) is 1.37. The molecule has 27 heavy (non-hydrogen) atoms. The van der Waals surface area contributed by atoms with Crippen molar-refractivity contribution in [2.75, 3.05) is 23.8 Å². The Kier molecular flexibility index (Phi) is 6.12. The molecule has 3 rings (SSSR count). The van der Waals surface area contributed by atoms with Crippen LogP contribution < -0.4 is 15.4 Å². The maximum atomic E-state index is 12.2. The van der Waals surface area contributed by atoms with Gasteiger partial charge in [-0.1, -0.05) is 0 Å². The van der Waals surface area contributed by atoms with Crippen molar-refractivity contribution in [1.82, 2.24) is 20.2 Å². The molecule has 3 heterocycles. The van der Waals surface area contributed by atoms with E-state index in [9.17, 15) is 8.78 Å².